The van der Waals surface area contributed by atoms with Crippen molar-refractivity contribution >= 4 is 26.9 Å². The fourth-order valence-electron chi connectivity index (χ4n) is 4.09. The molecule has 0 spiro atoms. The standard InChI is InChI=1S/C25H24N2O6S/c28-25(26-16-18-6-3-8-20(14-18)32-17-21-9-5-13-31-21)22-10-4-12-27(22)34(29,30)24-15-19-7-1-2-11-23(19)33-24/h1-3,5-9,11,13-15,22H,4,10,12,16-17H2,(H,26,28)/t22-/m0/s1. The summed E-state index contributed by atoms with van der Waals surface area (Å²) in [6, 6.07) is 18.8. The molecule has 0 bridgehead atoms. The molecule has 8 nitrogen and oxygen atoms in total. The minimum atomic E-state index is -3.94. The zero-order valence-electron chi connectivity index (χ0n) is 18.3. The van der Waals surface area contributed by atoms with Gasteiger partial charge in [-0.05, 0) is 48.7 Å². The Bertz CT molecular complexity index is 1360. The molecule has 3 heterocycles. The van der Waals surface area contributed by atoms with Crippen molar-refractivity contribution in [2.75, 3.05) is 6.54 Å². The lowest BCUT2D eigenvalue weighted by atomic mass is 10.2. The summed E-state index contributed by atoms with van der Waals surface area (Å²) >= 11 is 0. The second-order valence-corrected chi connectivity index (χ2v) is 9.93. The highest BCUT2D eigenvalue weighted by Gasteiger charge is 2.41. The predicted molar refractivity (Wildman–Crippen MR) is 124 cm³/mol. The SMILES string of the molecule is O=C(NCc1cccc(OCc2ccco2)c1)[C@@H]1CCCN1S(=O)(=O)c1cc2ccccc2o1. The van der Waals surface area contributed by atoms with Gasteiger partial charge in [0.05, 0.1) is 6.26 Å². The highest BCUT2D eigenvalue weighted by atomic mass is 32.2. The van der Waals surface area contributed by atoms with Crippen LogP contribution in [0.4, 0.5) is 0 Å². The van der Waals surface area contributed by atoms with E-state index in [0.717, 1.165) is 5.56 Å². The van der Waals surface area contributed by atoms with Crippen molar-refractivity contribution < 1.29 is 26.8 Å². The van der Waals surface area contributed by atoms with Gasteiger partial charge in [-0.2, -0.15) is 4.31 Å². The summed E-state index contributed by atoms with van der Waals surface area (Å²) in [5, 5.41) is 3.43. The molecule has 1 atom stereocenters. The number of furan rings is 2. The molecule has 9 heteroatoms. The van der Waals surface area contributed by atoms with Gasteiger partial charge < -0.3 is 18.9 Å². The number of nitrogens with one attached hydrogen (secondary N) is 1. The smallest absolute Gasteiger partial charge is 0.277 e. The topological polar surface area (TPSA) is 102 Å². The van der Waals surface area contributed by atoms with E-state index in [1.54, 1.807) is 30.5 Å². The molecule has 1 N–H and O–H groups in total. The molecule has 4 aromatic rings. The number of amides is 1. The molecule has 1 aliphatic rings. The summed E-state index contributed by atoms with van der Waals surface area (Å²) in [6.45, 7) is 0.832. The molecule has 0 unspecified atom stereocenters. The number of hydrogen-bond acceptors (Lipinski definition) is 6. The molecule has 0 radical (unpaired) electrons. The number of sulfonamides is 1. The number of ether oxygens (including phenoxy) is 1. The van der Waals surface area contributed by atoms with Crippen LogP contribution in [0.1, 0.15) is 24.2 Å². The maximum Gasteiger partial charge on any atom is 0.277 e. The van der Waals surface area contributed by atoms with Gasteiger partial charge in [0.25, 0.3) is 10.0 Å². The van der Waals surface area contributed by atoms with Crippen molar-refractivity contribution in [1.29, 1.82) is 0 Å². The van der Waals surface area contributed by atoms with Crippen LogP contribution in [-0.2, 0) is 28.0 Å². The number of para-hydroxylation sites is 1. The van der Waals surface area contributed by atoms with E-state index in [0.29, 0.717) is 41.9 Å². The summed E-state index contributed by atoms with van der Waals surface area (Å²) < 4.78 is 44.3. The second-order valence-electron chi connectivity index (χ2n) is 8.11. The summed E-state index contributed by atoms with van der Waals surface area (Å²) in [7, 11) is -3.94. The molecule has 34 heavy (non-hydrogen) atoms. The van der Waals surface area contributed by atoms with Crippen LogP contribution in [0, 0.1) is 0 Å². The van der Waals surface area contributed by atoms with E-state index < -0.39 is 16.1 Å². The van der Waals surface area contributed by atoms with E-state index in [4.69, 9.17) is 13.6 Å². The third kappa shape index (κ3) is 4.57. The van der Waals surface area contributed by atoms with Gasteiger partial charge in [-0.3, -0.25) is 4.79 Å². The molecular formula is C25H24N2O6S. The minimum absolute atomic E-state index is 0.144. The van der Waals surface area contributed by atoms with Crippen molar-refractivity contribution in [1.82, 2.24) is 9.62 Å². The Labute approximate surface area is 197 Å². The van der Waals surface area contributed by atoms with Gasteiger partial charge in [0.2, 0.25) is 11.0 Å². The molecule has 1 aliphatic heterocycles. The normalized spacial score (nSPS) is 16.6. The largest absolute Gasteiger partial charge is 0.486 e. The van der Waals surface area contributed by atoms with Crippen LogP contribution in [0.3, 0.4) is 0 Å². The lowest BCUT2D eigenvalue weighted by Crippen LogP contribution is -2.45. The maximum atomic E-state index is 13.2. The molecule has 2 aromatic carbocycles. The Morgan fingerprint density at radius 2 is 1.97 bits per heavy atom. The van der Waals surface area contributed by atoms with E-state index in [9.17, 15) is 13.2 Å². The first-order chi connectivity index (χ1) is 16.5. The molecule has 176 valence electrons. The van der Waals surface area contributed by atoms with Gasteiger partial charge in [0, 0.05) is 24.5 Å². The monoisotopic (exact) mass is 480 g/mol. The molecule has 1 amide bonds. The van der Waals surface area contributed by atoms with Gasteiger partial charge >= 0.3 is 0 Å². The number of carbonyl (C=O) groups excluding carboxylic acids is 1. The lowest BCUT2D eigenvalue weighted by Gasteiger charge is -2.22. The average Bonchev–Trinajstić information content (AvgIpc) is 3.61. The van der Waals surface area contributed by atoms with Crippen LogP contribution >= 0.6 is 0 Å². The van der Waals surface area contributed by atoms with Gasteiger partial charge in [0.1, 0.15) is 29.7 Å². The molecule has 0 saturated carbocycles. The van der Waals surface area contributed by atoms with E-state index in [1.807, 2.05) is 36.4 Å². The summed E-state index contributed by atoms with van der Waals surface area (Å²) in [6.07, 6.45) is 2.65. The first-order valence-corrected chi connectivity index (χ1v) is 12.5. The average molecular weight is 481 g/mol. The number of rotatable bonds is 8. The number of fused-ring (bicyclic) bond motifs is 1. The van der Waals surface area contributed by atoms with Crippen LogP contribution in [0.15, 0.2) is 86.9 Å². The molecule has 1 saturated heterocycles. The number of nitrogens with zero attached hydrogens (tertiary/aromatic N) is 1. The first kappa shape index (κ1) is 22.2. The van der Waals surface area contributed by atoms with Gasteiger partial charge in [0.15, 0.2) is 0 Å². The van der Waals surface area contributed by atoms with Crippen LogP contribution in [0.25, 0.3) is 11.0 Å². The fraction of sp³-hybridized carbons (Fsp3) is 0.240. The van der Waals surface area contributed by atoms with Crippen molar-refractivity contribution in [2.24, 2.45) is 0 Å². The van der Waals surface area contributed by atoms with Crippen molar-refractivity contribution in [3.63, 3.8) is 0 Å². The Morgan fingerprint density at radius 3 is 2.79 bits per heavy atom. The number of carbonyl (C=O) groups is 1. The predicted octanol–water partition coefficient (Wildman–Crippen LogP) is 4.07. The summed E-state index contributed by atoms with van der Waals surface area (Å²) in [5.41, 5.74) is 1.34. The molecule has 1 fully saturated rings. The van der Waals surface area contributed by atoms with E-state index >= 15 is 0 Å². The maximum absolute atomic E-state index is 13.2. The van der Waals surface area contributed by atoms with E-state index in [-0.39, 0.29) is 24.1 Å². The molecule has 2 aromatic heterocycles. The van der Waals surface area contributed by atoms with Crippen LogP contribution < -0.4 is 10.1 Å². The highest BCUT2D eigenvalue weighted by molar-refractivity contribution is 7.89. The summed E-state index contributed by atoms with van der Waals surface area (Å²) in [4.78, 5) is 13.0. The van der Waals surface area contributed by atoms with E-state index in [2.05, 4.69) is 5.32 Å². The number of benzene rings is 2. The highest BCUT2D eigenvalue weighted by Crippen LogP contribution is 2.30. The van der Waals surface area contributed by atoms with Crippen molar-refractivity contribution in [3.05, 3.63) is 84.3 Å². The van der Waals surface area contributed by atoms with Gasteiger partial charge in [-0.25, -0.2) is 8.42 Å². The summed E-state index contributed by atoms with van der Waals surface area (Å²) in [5.74, 6) is 1.03. The second kappa shape index (κ2) is 9.36. The zero-order valence-corrected chi connectivity index (χ0v) is 19.2. The third-order valence-electron chi connectivity index (χ3n) is 5.80. The first-order valence-electron chi connectivity index (χ1n) is 11.0. The Kier molecular flexibility index (Phi) is 6.12. The quantitative estimate of drug-likeness (QED) is 0.408. The Balaban J connectivity index is 1.24. The molecular weight excluding hydrogens is 456 g/mol. The Hall–Kier alpha value is -3.56. The lowest BCUT2D eigenvalue weighted by molar-refractivity contribution is -0.124. The zero-order chi connectivity index (χ0) is 23.5. The van der Waals surface area contributed by atoms with Crippen LogP contribution in [-0.4, -0.2) is 31.2 Å². The number of hydrogen-bond donors (Lipinski definition) is 1. The van der Waals surface area contributed by atoms with E-state index in [1.165, 1.54) is 10.4 Å². The van der Waals surface area contributed by atoms with Crippen molar-refractivity contribution in [2.45, 2.75) is 37.1 Å². The van der Waals surface area contributed by atoms with Gasteiger partial charge in [-0.1, -0.05) is 30.3 Å². The Morgan fingerprint density at radius 1 is 1.09 bits per heavy atom. The van der Waals surface area contributed by atoms with Crippen LogP contribution in [0.2, 0.25) is 0 Å². The molecule has 5 rings (SSSR count). The fourth-order valence-corrected chi connectivity index (χ4v) is 5.70. The third-order valence-corrected chi connectivity index (χ3v) is 7.56. The molecule has 0 aliphatic carbocycles. The van der Waals surface area contributed by atoms with Crippen molar-refractivity contribution in [3.8, 4) is 5.75 Å². The van der Waals surface area contributed by atoms with Gasteiger partial charge in [-0.15, -0.1) is 0 Å². The minimum Gasteiger partial charge on any atom is -0.486 e. The van der Waals surface area contributed by atoms with Crippen LogP contribution in [0.5, 0.6) is 5.75 Å².